The van der Waals surface area contributed by atoms with Gasteiger partial charge in [-0.3, -0.25) is 4.79 Å². The van der Waals surface area contributed by atoms with E-state index in [1.54, 1.807) is 0 Å². The Labute approximate surface area is 145 Å². The minimum Gasteiger partial charge on any atom is -0.483 e. The van der Waals surface area contributed by atoms with Gasteiger partial charge >= 0.3 is 0 Å². The van der Waals surface area contributed by atoms with E-state index in [1.165, 1.54) is 0 Å². The first-order valence-corrected chi connectivity index (χ1v) is 8.45. The summed E-state index contributed by atoms with van der Waals surface area (Å²) in [5, 5.41) is 2.84. The molecule has 0 aliphatic carbocycles. The Balaban J connectivity index is 1.89. The summed E-state index contributed by atoms with van der Waals surface area (Å²) >= 11 is 3.39. The van der Waals surface area contributed by atoms with Gasteiger partial charge in [-0.25, -0.2) is 0 Å². The Morgan fingerprint density at radius 3 is 2.35 bits per heavy atom. The molecule has 0 aromatic heterocycles. The molecule has 1 N–H and O–H groups in total. The number of rotatable bonds is 7. The van der Waals surface area contributed by atoms with Crippen molar-refractivity contribution in [1.82, 2.24) is 0 Å². The maximum absolute atomic E-state index is 12.0. The zero-order valence-electron chi connectivity index (χ0n) is 13.4. The number of carbonyl (C=O) groups excluding carboxylic acids is 1. The van der Waals surface area contributed by atoms with Crippen molar-refractivity contribution in [3.63, 3.8) is 0 Å². The van der Waals surface area contributed by atoms with Crippen molar-refractivity contribution in [3.05, 3.63) is 53.0 Å². The predicted octanol–water partition coefficient (Wildman–Crippen LogP) is 4.31. The van der Waals surface area contributed by atoms with Crippen LogP contribution in [-0.2, 0) is 4.79 Å². The standard InChI is InChI=1S/C18H21BrN2O2/c1-3-21(4-2)15-11-9-14(10-12-15)20-18(22)13-23-17-8-6-5-7-16(17)19/h5-12H,3-4,13H2,1-2H3,(H,20,22). The van der Waals surface area contributed by atoms with Crippen LogP contribution < -0.4 is 15.0 Å². The van der Waals surface area contributed by atoms with Gasteiger partial charge in [-0.05, 0) is 66.2 Å². The average molecular weight is 377 g/mol. The van der Waals surface area contributed by atoms with Crippen LogP contribution in [-0.4, -0.2) is 25.6 Å². The zero-order valence-corrected chi connectivity index (χ0v) is 15.0. The summed E-state index contributed by atoms with van der Waals surface area (Å²) in [5.41, 5.74) is 1.92. The minimum atomic E-state index is -0.184. The lowest BCUT2D eigenvalue weighted by atomic mass is 10.2. The van der Waals surface area contributed by atoms with Crippen molar-refractivity contribution in [2.75, 3.05) is 29.9 Å². The molecule has 0 aliphatic heterocycles. The van der Waals surface area contributed by atoms with E-state index in [4.69, 9.17) is 4.74 Å². The molecular weight excluding hydrogens is 356 g/mol. The third-order valence-electron chi connectivity index (χ3n) is 3.48. The number of para-hydroxylation sites is 1. The molecule has 23 heavy (non-hydrogen) atoms. The minimum absolute atomic E-state index is 0.0274. The van der Waals surface area contributed by atoms with Crippen LogP contribution in [0.15, 0.2) is 53.0 Å². The highest BCUT2D eigenvalue weighted by molar-refractivity contribution is 9.10. The second-order valence-corrected chi connectivity index (χ2v) is 5.84. The molecule has 2 rings (SSSR count). The van der Waals surface area contributed by atoms with Gasteiger partial charge in [0.2, 0.25) is 0 Å². The molecule has 5 heteroatoms. The van der Waals surface area contributed by atoms with Gasteiger partial charge in [0, 0.05) is 24.5 Å². The van der Waals surface area contributed by atoms with E-state index < -0.39 is 0 Å². The van der Waals surface area contributed by atoms with E-state index >= 15 is 0 Å². The second-order valence-electron chi connectivity index (χ2n) is 4.99. The first kappa shape index (κ1) is 17.3. The average Bonchev–Trinajstić information content (AvgIpc) is 2.57. The molecule has 4 nitrogen and oxygen atoms in total. The number of amides is 1. The van der Waals surface area contributed by atoms with Gasteiger partial charge in [-0.15, -0.1) is 0 Å². The second kappa shape index (κ2) is 8.58. The Bertz CT molecular complexity index is 640. The fraction of sp³-hybridized carbons (Fsp3) is 0.278. The van der Waals surface area contributed by atoms with Gasteiger partial charge in [-0.1, -0.05) is 12.1 Å². The number of carbonyl (C=O) groups is 1. The monoisotopic (exact) mass is 376 g/mol. The largest absolute Gasteiger partial charge is 0.483 e. The first-order chi connectivity index (χ1) is 11.1. The molecule has 0 saturated heterocycles. The molecule has 122 valence electrons. The van der Waals surface area contributed by atoms with Crippen LogP contribution in [0.2, 0.25) is 0 Å². The van der Waals surface area contributed by atoms with E-state index in [9.17, 15) is 4.79 Å². The summed E-state index contributed by atoms with van der Waals surface area (Å²) in [4.78, 5) is 14.2. The SMILES string of the molecule is CCN(CC)c1ccc(NC(=O)COc2ccccc2Br)cc1. The van der Waals surface area contributed by atoms with Gasteiger partial charge in [0.05, 0.1) is 4.47 Å². The van der Waals surface area contributed by atoms with Crippen LogP contribution in [0, 0.1) is 0 Å². The van der Waals surface area contributed by atoms with E-state index in [2.05, 4.69) is 40.0 Å². The number of anilines is 2. The maximum Gasteiger partial charge on any atom is 0.262 e. The van der Waals surface area contributed by atoms with Crippen LogP contribution in [0.3, 0.4) is 0 Å². The predicted molar refractivity (Wildman–Crippen MR) is 98.3 cm³/mol. The summed E-state index contributed by atoms with van der Waals surface area (Å²) in [6.07, 6.45) is 0. The summed E-state index contributed by atoms with van der Waals surface area (Å²) in [6, 6.07) is 15.3. The van der Waals surface area contributed by atoms with Gasteiger partial charge in [0.25, 0.3) is 5.91 Å². The van der Waals surface area contributed by atoms with E-state index in [0.717, 1.165) is 28.9 Å². The van der Waals surface area contributed by atoms with E-state index in [-0.39, 0.29) is 12.5 Å². The van der Waals surface area contributed by atoms with E-state index in [0.29, 0.717) is 5.75 Å². The van der Waals surface area contributed by atoms with Crippen LogP contribution >= 0.6 is 15.9 Å². The maximum atomic E-state index is 12.0. The van der Waals surface area contributed by atoms with Crippen molar-refractivity contribution < 1.29 is 9.53 Å². The molecule has 0 radical (unpaired) electrons. The zero-order chi connectivity index (χ0) is 16.7. The fourth-order valence-corrected chi connectivity index (χ4v) is 2.65. The highest BCUT2D eigenvalue weighted by Crippen LogP contribution is 2.23. The highest BCUT2D eigenvalue weighted by Gasteiger charge is 2.07. The Hall–Kier alpha value is -2.01. The summed E-state index contributed by atoms with van der Waals surface area (Å²) in [6.45, 7) is 6.14. The Morgan fingerprint density at radius 1 is 1.09 bits per heavy atom. The van der Waals surface area contributed by atoms with Crippen LogP contribution in [0.1, 0.15) is 13.8 Å². The first-order valence-electron chi connectivity index (χ1n) is 7.66. The number of nitrogens with one attached hydrogen (secondary N) is 1. The number of hydrogen-bond donors (Lipinski definition) is 1. The van der Waals surface area contributed by atoms with Gasteiger partial charge in [-0.2, -0.15) is 0 Å². The topological polar surface area (TPSA) is 41.6 Å². The van der Waals surface area contributed by atoms with Crippen molar-refractivity contribution in [2.45, 2.75) is 13.8 Å². The molecule has 0 saturated carbocycles. The molecule has 0 aliphatic rings. The van der Waals surface area contributed by atoms with Crippen molar-refractivity contribution in [1.29, 1.82) is 0 Å². The van der Waals surface area contributed by atoms with Gasteiger partial charge < -0.3 is 15.0 Å². The Morgan fingerprint density at radius 2 is 1.74 bits per heavy atom. The van der Waals surface area contributed by atoms with Crippen LogP contribution in [0.4, 0.5) is 11.4 Å². The number of hydrogen-bond acceptors (Lipinski definition) is 3. The number of benzene rings is 2. The molecule has 0 bridgehead atoms. The number of ether oxygens (including phenoxy) is 1. The summed E-state index contributed by atoms with van der Waals surface area (Å²) in [7, 11) is 0. The number of nitrogens with zero attached hydrogens (tertiary/aromatic N) is 1. The molecule has 1 amide bonds. The lowest BCUT2D eigenvalue weighted by molar-refractivity contribution is -0.118. The van der Waals surface area contributed by atoms with Crippen LogP contribution in [0.5, 0.6) is 5.75 Å². The molecular formula is C18H21BrN2O2. The fourth-order valence-electron chi connectivity index (χ4n) is 2.25. The lowest BCUT2D eigenvalue weighted by Crippen LogP contribution is -2.22. The molecule has 2 aromatic carbocycles. The summed E-state index contributed by atoms with van der Waals surface area (Å²) in [5.74, 6) is 0.468. The third-order valence-corrected chi connectivity index (χ3v) is 4.13. The molecule has 0 fully saturated rings. The van der Waals surface area contributed by atoms with Crippen molar-refractivity contribution >= 4 is 33.2 Å². The molecule has 0 atom stereocenters. The molecule has 0 spiro atoms. The normalized spacial score (nSPS) is 10.2. The highest BCUT2D eigenvalue weighted by atomic mass is 79.9. The number of halogens is 1. The van der Waals surface area contributed by atoms with Crippen LogP contribution in [0.25, 0.3) is 0 Å². The van der Waals surface area contributed by atoms with Gasteiger partial charge in [0.15, 0.2) is 6.61 Å². The van der Waals surface area contributed by atoms with Crippen molar-refractivity contribution in [2.24, 2.45) is 0 Å². The van der Waals surface area contributed by atoms with E-state index in [1.807, 2.05) is 48.5 Å². The molecule has 2 aromatic rings. The third kappa shape index (κ3) is 4.99. The molecule has 0 unspecified atom stereocenters. The quantitative estimate of drug-likeness (QED) is 0.782. The summed E-state index contributed by atoms with van der Waals surface area (Å²) < 4.78 is 6.33. The lowest BCUT2D eigenvalue weighted by Gasteiger charge is -2.21. The van der Waals surface area contributed by atoms with Gasteiger partial charge in [0.1, 0.15) is 5.75 Å². The smallest absolute Gasteiger partial charge is 0.262 e. The van der Waals surface area contributed by atoms with Crippen molar-refractivity contribution in [3.8, 4) is 5.75 Å². The molecule has 0 heterocycles. The Kier molecular flexibility index (Phi) is 6.47.